The van der Waals surface area contributed by atoms with E-state index in [0.717, 1.165) is 0 Å². The highest BCUT2D eigenvalue weighted by atomic mass is 35.5. The van der Waals surface area contributed by atoms with Gasteiger partial charge in [0.2, 0.25) is 0 Å². The zero-order valence-electron chi connectivity index (χ0n) is 8.59. The van der Waals surface area contributed by atoms with Crippen LogP contribution < -0.4 is 0 Å². The summed E-state index contributed by atoms with van der Waals surface area (Å²) in [7, 11) is -1.16. The summed E-state index contributed by atoms with van der Waals surface area (Å²) in [6, 6.07) is -0.0584. The lowest BCUT2D eigenvalue weighted by Crippen LogP contribution is -2.34. The van der Waals surface area contributed by atoms with E-state index in [1.807, 2.05) is 0 Å². The minimum Gasteiger partial charge on any atom is -0.349 e. The second-order valence-corrected chi connectivity index (χ2v) is 7.46. The predicted molar refractivity (Wildman–Crippen MR) is 64.7 cm³/mol. The molecule has 0 aromatic heterocycles. The van der Waals surface area contributed by atoms with E-state index in [9.17, 15) is 13.2 Å². The summed E-state index contributed by atoms with van der Waals surface area (Å²) in [6.45, 7) is 0. The third kappa shape index (κ3) is 2.21. The number of hydrogen-bond donors (Lipinski definition) is 0. The number of amides is 1. The normalized spacial score (nSPS) is 34.4. The largest absolute Gasteiger partial charge is 0.349 e. The topological polar surface area (TPSA) is 66.8 Å². The zero-order valence-corrected chi connectivity index (χ0v) is 11.0. The third-order valence-corrected chi connectivity index (χ3v) is 6.19. The molecule has 2 aliphatic rings. The first-order valence-corrected chi connectivity index (χ1v) is 7.94. The van der Waals surface area contributed by atoms with Crippen molar-refractivity contribution in [2.24, 2.45) is 4.99 Å². The Hall–Kier alpha value is -0.270. The van der Waals surface area contributed by atoms with Crippen molar-refractivity contribution in [3.05, 3.63) is 0 Å². The van der Waals surface area contributed by atoms with E-state index in [2.05, 4.69) is 4.99 Å². The second-order valence-electron chi connectivity index (χ2n) is 3.83. The molecule has 2 heterocycles. The molecule has 0 unspecified atom stereocenters. The van der Waals surface area contributed by atoms with Gasteiger partial charge in [-0.3, -0.25) is 4.79 Å². The van der Waals surface area contributed by atoms with Crippen LogP contribution in [0.4, 0.5) is 0 Å². The van der Waals surface area contributed by atoms with E-state index >= 15 is 0 Å². The maximum Gasteiger partial charge on any atom is 0.262 e. The smallest absolute Gasteiger partial charge is 0.262 e. The number of thioether (sulfide) groups is 1. The van der Waals surface area contributed by atoms with Gasteiger partial charge in [0.05, 0.1) is 17.5 Å². The molecule has 1 amide bonds. The molecular weight excluding hydrogens is 272 g/mol. The molecule has 0 bridgehead atoms. The van der Waals surface area contributed by atoms with Crippen molar-refractivity contribution in [1.29, 1.82) is 0 Å². The highest BCUT2D eigenvalue weighted by molar-refractivity contribution is 8.15. The van der Waals surface area contributed by atoms with Gasteiger partial charge in [-0.2, -0.15) is 4.99 Å². The van der Waals surface area contributed by atoms with Crippen LogP contribution >= 0.6 is 23.4 Å². The Balaban J connectivity index is 2.17. The number of amidine groups is 1. The molecule has 5 nitrogen and oxygen atoms in total. The summed E-state index contributed by atoms with van der Waals surface area (Å²) in [5.41, 5.74) is 0. The molecule has 0 aromatic carbocycles. The van der Waals surface area contributed by atoms with Crippen LogP contribution in [0.5, 0.6) is 0 Å². The molecule has 16 heavy (non-hydrogen) atoms. The fourth-order valence-corrected chi connectivity index (χ4v) is 5.95. The van der Waals surface area contributed by atoms with E-state index in [4.69, 9.17) is 11.6 Å². The van der Waals surface area contributed by atoms with Crippen LogP contribution in [0.25, 0.3) is 0 Å². The Kier molecular flexibility index (Phi) is 3.20. The van der Waals surface area contributed by atoms with E-state index in [-0.39, 0.29) is 34.6 Å². The van der Waals surface area contributed by atoms with E-state index in [1.54, 1.807) is 11.9 Å². The molecule has 2 saturated heterocycles. The first-order valence-electron chi connectivity index (χ1n) is 4.70. The van der Waals surface area contributed by atoms with Crippen molar-refractivity contribution in [3.8, 4) is 0 Å². The van der Waals surface area contributed by atoms with Crippen molar-refractivity contribution in [1.82, 2.24) is 4.90 Å². The number of fused-ring (bicyclic) bond motifs is 1. The maximum atomic E-state index is 11.4. The Morgan fingerprint density at radius 1 is 1.62 bits per heavy atom. The van der Waals surface area contributed by atoms with Gasteiger partial charge in [0.1, 0.15) is 5.88 Å². The molecule has 2 atom stereocenters. The third-order valence-electron chi connectivity index (χ3n) is 2.66. The van der Waals surface area contributed by atoms with Gasteiger partial charge in [0, 0.05) is 12.3 Å². The molecule has 0 aliphatic carbocycles. The van der Waals surface area contributed by atoms with Gasteiger partial charge in [-0.05, 0) is 0 Å². The van der Waals surface area contributed by atoms with Crippen LogP contribution in [0.15, 0.2) is 4.99 Å². The fraction of sp³-hybridized carbons (Fsp3) is 0.750. The van der Waals surface area contributed by atoms with Crippen molar-refractivity contribution in [2.45, 2.75) is 11.3 Å². The van der Waals surface area contributed by atoms with Crippen molar-refractivity contribution in [2.75, 3.05) is 24.4 Å². The minimum absolute atomic E-state index is 0.00289. The number of alkyl halides is 1. The van der Waals surface area contributed by atoms with Gasteiger partial charge in [-0.1, -0.05) is 11.8 Å². The molecule has 0 radical (unpaired) electrons. The molecular formula is C8H11ClN2O3S2. The van der Waals surface area contributed by atoms with Crippen LogP contribution in [0.2, 0.25) is 0 Å². The number of nitrogens with zero attached hydrogens (tertiary/aromatic N) is 2. The summed E-state index contributed by atoms with van der Waals surface area (Å²) >= 11 is 6.72. The molecule has 8 heteroatoms. The van der Waals surface area contributed by atoms with Gasteiger partial charge >= 0.3 is 0 Å². The van der Waals surface area contributed by atoms with Gasteiger partial charge in [0.15, 0.2) is 15.0 Å². The quantitative estimate of drug-likeness (QED) is 0.631. The lowest BCUT2D eigenvalue weighted by Gasteiger charge is -2.17. The average molecular weight is 283 g/mol. The van der Waals surface area contributed by atoms with Gasteiger partial charge < -0.3 is 4.90 Å². The predicted octanol–water partition coefficient (Wildman–Crippen LogP) is -0.0480. The number of sulfone groups is 1. The van der Waals surface area contributed by atoms with Crippen LogP contribution in [0, 0.1) is 0 Å². The van der Waals surface area contributed by atoms with Crippen molar-refractivity contribution >= 4 is 44.3 Å². The highest BCUT2D eigenvalue weighted by Crippen LogP contribution is 2.36. The Bertz CT molecular complexity index is 448. The Morgan fingerprint density at radius 3 is 2.88 bits per heavy atom. The lowest BCUT2D eigenvalue weighted by atomic mass is 10.2. The number of aliphatic imine (C=N–C) groups is 1. The number of rotatable bonds is 1. The summed E-state index contributed by atoms with van der Waals surface area (Å²) in [6.07, 6.45) is 0. The summed E-state index contributed by atoms with van der Waals surface area (Å²) in [4.78, 5) is 16.7. The van der Waals surface area contributed by atoms with E-state index in [0.29, 0.717) is 5.17 Å². The second kappa shape index (κ2) is 4.19. The Morgan fingerprint density at radius 2 is 2.31 bits per heavy atom. The summed E-state index contributed by atoms with van der Waals surface area (Å²) in [5, 5.41) is 0.576. The molecule has 90 valence electrons. The summed E-state index contributed by atoms with van der Waals surface area (Å²) in [5.74, 6) is -0.222. The minimum atomic E-state index is -2.92. The maximum absolute atomic E-state index is 11.4. The number of carbonyl (C=O) groups is 1. The number of carbonyl (C=O) groups excluding carboxylic acids is 1. The first-order chi connectivity index (χ1) is 7.43. The van der Waals surface area contributed by atoms with Crippen LogP contribution in [0.3, 0.4) is 0 Å². The SMILES string of the molecule is CN1C(=NC(=O)CCl)S[C@@H]2CS(=O)(=O)C[C@@H]21. The molecule has 2 rings (SSSR count). The Labute approximate surface area is 103 Å². The molecule has 0 aromatic rings. The van der Waals surface area contributed by atoms with E-state index in [1.165, 1.54) is 11.8 Å². The van der Waals surface area contributed by atoms with E-state index < -0.39 is 9.84 Å². The molecule has 0 N–H and O–H groups in total. The molecule has 0 saturated carbocycles. The zero-order chi connectivity index (χ0) is 11.9. The molecule has 2 aliphatic heterocycles. The van der Waals surface area contributed by atoms with Gasteiger partial charge in [0.25, 0.3) is 5.91 Å². The van der Waals surface area contributed by atoms with Crippen molar-refractivity contribution in [3.63, 3.8) is 0 Å². The van der Waals surface area contributed by atoms with Crippen LogP contribution in [0.1, 0.15) is 0 Å². The molecule has 2 fully saturated rings. The lowest BCUT2D eigenvalue weighted by molar-refractivity contribution is -0.115. The molecule has 0 spiro atoms. The van der Waals surface area contributed by atoms with Gasteiger partial charge in [-0.25, -0.2) is 8.42 Å². The standard InChI is InChI=1S/C8H11ClN2O3S2/c1-11-5-3-16(13,14)4-6(5)15-8(11)10-7(12)2-9/h5-6H,2-4H2,1H3/t5-,6+/m0/s1. The summed E-state index contributed by atoms with van der Waals surface area (Å²) < 4.78 is 22.8. The monoisotopic (exact) mass is 282 g/mol. The van der Waals surface area contributed by atoms with Crippen LogP contribution in [-0.4, -0.2) is 60.1 Å². The van der Waals surface area contributed by atoms with Crippen molar-refractivity contribution < 1.29 is 13.2 Å². The fourth-order valence-electron chi connectivity index (χ4n) is 1.87. The number of hydrogen-bond acceptors (Lipinski definition) is 4. The highest BCUT2D eigenvalue weighted by Gasteiger charge is 2.47. The first kappa shape index (κ1) is 12.2. The number of halogens is 1. The van der Waals surface area contributed by atoms with Gasteiger partial charge in [-0.15, -0.1) is 11.6 Å². The average Bonchev–Trinajstić information content (AvgIpc) is 2.63. The van der Waals surface area contributed by atoms with Crippen LogP contribution in [-0.2, 0) is 14.6 Å².